The van der Waals surface area contributed by atoms with Crippen molar-refractivity contribution in [1.82, 2.24) is 19.3 Å². The van der Waals surface area contributed by atoms with Gasteiger partial charge < -0.3 is 0 Å². The van der Waals surface area contributed by atoms with Crippen molar-refractivity contribution in [3.63, 3.8) is 0 Å². The summed E-state index contributed by atoms with van der Waals surface area (Å²) in [4.78, 5) is 25.1. The average molecular weight is 351 g/mol. The Balaban J connectivity index is 1.70. The summed E-state index contributed by atoms with van der Waals surface area (Å²) in [5.74, 6) is 0.910. The van der Waals surface area contributed by atoms with Gasteiger partial charge in [0.15, 0.2) is 11.6 Å². The normalized spacial score (nSPS) is 14.2. The van der Waals surface area contributed by atoms with Crippen molar-refractivity contribution in [1.29, 1.82) is 0 Å². The molecule has 1 amide bonds. The lowest BCUT2D eigenvalue weighted by Gasteiger charge is -2.02. The molecule has 2 aromatic heterocycles. The van der Waals surface area contributed by atoms with Gasteiger partial charge in [-0.2, -0.15) is 9.36 Å². The number of hydrogen-bond acceptors (Lipinski definition) is 6. The fourth-order valence-electron chi connectivity index (χ4n) is 2.08. The molecule has 25 heavy (non-hydrogen) atoms. The minimum atomic E-state index is -0.306. The third-order valence-electron chi connectivity index (χ3n) is 3.60. The molecule has 1 N–H and O–H groups in total. The van der Waals surface area contributed by atoms with Crippen LogP contribution in [0.2, 0.25) is 0 Å². The molecule has 0 saturated heterocycles. The zero-order chi connectivity index (χ0) is 17.6. The Kier molecular flexibility index (Phi) is 5.25. The number of nitrogens with one attached hydrogen (secondary N) is 1. The number of amides is 1. The minimum absolute atomic E-state index is 0.306. The maximum atomic E-state index is 12.3. The van der Waals surface area contributed by atoms with Gasteiger partial charge in [-0.1, -0.05) is 36.5 Å². The largest absolute Gasteiger partial charge is 0.296 e. The lowest BCUT2D eigenvalue weighted by Crippen LogP contribution is -2.13. The van der Waals surface area contributed by atoms with Crippen LogP contribution in [0.25, 0.3) is 11.1 Å². The summed E-state index contributed by atoms with van der Waals surface area (Å²) in [5, 5.41) is 3.19. The maximum Gasteiger partial charge on any atom is 0.260 e. The molecular weight excluding hydrogens is 334 g/mol. The molecular formula is C18H17N5OS. The number of carbonyl (C=O) groups is 1. The molecule has 0 atom stereocenters. The van der Waals surface area contributed by atoms with Crippen LogP contribution in [0.5, 0.6) is 0 Å². The summed E-state index contributed by atoms with van der Waals surface area (Å²) < 4.78 is 4.31. The number of rotatable bonds is 4. The lowest BCUT2D eigenvalue weighted by atomic mass is 10.2. The molecule has 0 aromatic carbocycles. The van der Waals surface area contributed by atoms with E-state index in [2.05, 4.69) is 30.7 Å². The molecule has 0 unspecified atom stereocenters. The molecule has 0 bridgehead atoms. The fraction of sp³-hybridized carbons (Fsp3) is 0.167. The highest BCUT2D eigenvalue weighted by Crippen LogP contribution is 2.21. The van der Waals surface area contributed by atoms with Crippen LogP contribution >= 0.6 is 11.5 Å². The molecule has 0 aliphatic heterocycles. The van der Waals surface area contributed by atoms with Gasteiger partial charge in [0.2, 0.25) is 5.13 Å². The Bertz CT molecular complexity index is 890. The zero-order valence-electron chi connectivity index (χ0n) is 13.9. The van der Waals surface area contributed by atoms with Crippen LogP contribution in [0.1, 0.15) is 42.3 Å². The number of allylic oxidation sites excluding steroid dienone is 8. The highest BCUT2D eigenvalue weighted by atomic mass is 32.1. The zero-order valence-corrected chi connectivity index (χ0v) is 14.7. The Hall–Kier alpha value is -2.93. The van der Waals surface area contributed by atoms with Crippen LogP contribution in [0.4, 0.5) is 5.13 Å². The molecule has 0 spiro atoms. The topological polar surface area (TPSA) is 80.7 Å². The number of carbonyl (C=O) groups excluding carboxylic acids is 1. The van der Waals surface area contributed by atoms with E-state index in [1.54, 1.807) is 0 Å². The van der Waals surface area contributed by atoms with Crippen molar-refractivity contribution in [3.05, 3.63) is 66.1 Å². The van der Waals surface area contributed by atoms with E-state index in [0.29, 0.717) is 22.3 Å². The number of nitrogens with zero attached hydrogens (tertiary/aromatic N) is 4. The van der Waals surface area contributed by atoms with Gasteiger partial charge in [0.05, 0.1) is 5.56 Å². The summed E-state index contributed by atoms with van der Waals surface area (Å²) in [6.07, 6.45) is 15.8. The first kappa shape index (κ1) is 16.9. The fourth-order valence-corrected chi connectivity index (χ4v) is 2.67. The molecule has 7 heteroatoms. The van der Waals surface area contributed by atoms with E-state index < -0.39 is 0 Å². The van der Waals surface area contributed by atoms with E-state index >= 15 is 0 Å². The van der Waals surface area contributed by atoms with Crippen molar-refractivity contribution in [3.8, 4) is 0 Å². The first-order valence-corrected chi connectivity index (χ1v) is 8.59. The predicted octanol–water partition coefficient (Wildman–Crippen LogP) is 3.90. The SMILES string of the molecule is C/C=C(\C)c1ncc(C(=O)Nc2nc(C3=CCC=CC=C3)ns2)cn1. The van der Waals surface area contributed by atoms with Crippen molar-refractivity contribution in [2.24, 2.45) is 0 Å². The smallest absolute Gasteiger partial charge is 0.260 e. The van der Waals surface area contributed by atoms with Crippen LogP contribution < -0.4 is 5.32 Å². The van der Waals surface area contributed by atoms with E-state index in [0.717, 1.165) is 29.1 Å². The monoisotopic (exact) mass is 351 g/mol. The Morgan fingerprint density at radius 2 is 2.08 bits per heavy atom. The molecule has 126 valence electrons. The number of aromatic nitrogens is 4. The summed E-state index contributed by atoms with van der Waals surface area (Å²) >= 11 is 1.15. The Morgan fingerprint density at radius 1 is 1.28 bits per heavy atom. The maximum absolute atomic E-state index is 12.3. The Morgan fingerprint density at radius 3 is 2.84 bits per heavy atom. The van der Waals surface area contributed by atoms with Crippen molar-refractivity contribution in [2.75, 3.05) is 5.32 Å². The highest BCUT2D eigenvalue weighted by Gasteiger charge is 2.13. The van der Waals surface area contributed by atoms with Crippen molar-refractivity contribution in [2.45, 2.75) is 20.3 Å². The van der Waals surface area contributed by atoms with E-state index in [-0.39, 0.29) is 5.91 Å². The van der Waals surface area contributed by atoms with Gasteiger partial charge in [0, 0.05) is 29.5 Å². The lowest BCUT2D eigenvalue weighted by molar-refractivity contribution is 0.102. The van der Waals surface area contributed by atoms with Gasteiger partial charge in [-0.25, -0.2) is 9.97 Å². The minimum Gasteiger partial charge on any atom is -0.296 e. The first-order valence-electron chi connectivity index (χ1n) is 7.81. The second kappa shape index (κ2) is 7.76. The molecule has 1 aliphatic rings. The van der Waals surface area contributed by atoms with E-state index in [1.165, 1.54) is 12.4 Å². The second-order valence-corrected chi connectivity index (χ2v) is 6.08. The number of anilines is 1. The molecule has 0 saturated carbocycles. The molecule has 3 rings (SSSR count). The standard InChI is InChI=1S/C18H17N5OS/c1-3-12(2)15-19-10-14(11-20-15)17(24)22-18-21-16(23-25-18)13-8-6-4-5-7-9-13/h3-6,8-11H,7H2,1-2H3,(H,21,22,23,24)/b12-3+. The van der Waals surface area contributed by atoms with E-state index in [1.807, 2.05) is 44.2 Å². The van der Waals surface area contributed by atoms with Gasteiger partial charge in [0.25, 0.3) is 5.91 Å². The molecule has 0 radical (unpaired) electrons. The van der Waals surface area contributed by atoms with Gasteiger partial charge in [0.1, 0.15) is 0 Å². The third-order valence-corrected chi connectivity index (χ3v) is 4.23. The summed E-state index contributed by atoms with van der Waals surface area (Å²) in [5.41, 5.74) is 2.28. The van der Waals surface area contributed by atoms with Crippen LogP contribution in [0.15, 0.2) is 48.8 Å². The molecule has 1 aliphatic carbocycles. The first-order chi connectivity index (χ1) is 12.2. The highest BCUT2D eigenvalue weighted by molar-refractivity contribution is 7.10. The Labute approximate surface area is 149 Å². The van der Waals surface area contributed by atoms with E-state index in [4.69, 9.17) is 0 Å². The molecule has 6 nitrogen and oxygen atoms in total. The average Bonchev–Trinajstić information content (AvgIpc) is 2.93. The molecule has 2 heterocycles. The second-order valence-electron chi connectivity index (χ2n) is 5.33. The third kappa shape index (κ3) is 4.13. The van der Waals surface area contributed by atoms with Crippen LogP contribution in [-0.4, -0.2) is 25.2 Å². The van der Waals surface area contributed by atoms with Gasteiger partial charge in [-0.15, -0.1) is 0 Å². The predicted molar refractivity (Wildman–Crippen MR) is 100 cm³/mol. The quantitative estimate of drug-likeness (QED) is 0.903. The van der Waals surface area contributed by atoms with Crippen LogP contribution in [0.3, 0.4) is 0 Å². The summed E-state index contributed by atoms with van der Waals surface area (Å²) in [6, 6.07) is 0. The van der Waals surface area contributed by atoms with Crippen molar-refractivity contribution < 1.29 is 4.79 Å². The van der Waals surface area contributed by atoms with Gasteiger partial charge >= 0.3 is 0 Å². The molecule has 2 aromatic rings. The number of hydrogen-bond donors (Lipinski definition) is 1. The van der Waals surface area contributed by atoms with Gasteiger partial charge in [-0.3, -0.25) is 10.1 Å². The summed E-state index contributed by atoms with van der Waals surface area (Å²) in [6.45, 7) is 3.84. The van der Waals surface area contributed by atoms with E-state index in [9.17, 15) is 4.79 Å². The van der Waals surface area contributed by atoms with Crippen LogP contribution in [0, 0.1) is 0 Å². The molecule has 0 fully saturated rings. The summed E-state index contributed by atoms with van der Waals surface area (Å²) in [7, 11) is 0. The van der Waals surface area contributed by atoms with Gasteiger partial charge in [-0.05, 0) is 25.8 Å². The van der Waals surface area contributed by atoms with Crippen molar-refractivity contribution >= 4 is 33.7 Å². The van der Waals surface area contributed by atoms with Crippen LogP contribution in [-0.2, 0) is 0 Å².